The zero-order valence-corrected chi connectivity index (χ0v) is 21.0. The Bertz CT molecular complexity index is 1270. The number of nitrogens with zero attached hydrogens (tertiary/aromatic N) is 1. The second-order valence-corrected chi connectivity index (χ2v) is 9.94. The number of hydrogen-bond acceptors (Lipinski definition) is 5. The van der Waals surface area contributed by atoms with Crippen molar-refractivity contribution >= 4 is 29.2 Å². The number of hydrogen-bond donors (Lipinski definition) is 1. The van der Waals surface area contributed by atoms with E-state index in [1.54, 1.807) is 24.3 Å². The van der Waals surface area contributed by atoms with Crippen molar-refractivity contribution in [3.05, 3.63) is 84.2 Å². The second-order valence-electron chi connectivity index (χ2n) is 9.94. The van der Waals surface area contributed by atoms with E-state index < -0.39 is 30.2 Å². The molecule has 3 aromatic carbocycles. The van der Waals surface area contributed by atoms with Crippen LogP contribution in [0, 0.1) is 11.7 Å². The third-order valence-corrected chi connectivity index (χ3v) is 6.04. The monoisotopic (exact) mass is 504 g/mol. The summed E-state index contributed by atoms with van der Waals surface area (Å²) in [6.45, 7) is 6.12. The Labute approximate surface area is 215 Å². The fraction of sp³-hybridized carbons (Fsp3) is 0.276. The number of carbonyl (C=O) groups excluding carboxylic acids is 3. The normalized spacial score (nSPS) is 15.4. The van der Waals surface area contributed by atoms with Gasteiger partial charge >= 0.3 is 5.97 Å². The van der Waals surface area contributed by atoms with Crippen LogP contribution in [0.2, 0.25) is 0 Å². The fourth-order valence-corrected chi connectivity index (χ4v) is 3.95. The predicted molar refractivity (Wildman–Crippen MR) is 138 cm³/mol. The zero-order valence-electron chi connectivity index (χ0n) is 21.0. The molecule has 1 N–H and O–H groups in total. The lowest BCUT2D eigenvalue weighted by atomic mass is 9.87. The van der Waals surface area contributed by atoms with Crippen molar-refractivity contribution in [2.75, 3.05) is 23.4 Å². The fourth-order valence-electron chi connectivity index (χ4n) is 3.95. The number of ether oxygens (including phenoxy) is 2. The SMILES string of the molecule is CC(C)(C)c1ccc(Oc2ccc(N3C[C@H](C(=O)OCC(=O)Nc4ccc(F)cc4)CC3=O)cc2)cc1. The highest BCUT2D eigenvalue weighted by Gasteiger charge is 2.36. The molecule has 0 radical (unpaired) electrons. The Morgan fingerprint density at radius 3 is 2.14 bits per heavy atom. The highest BCUT2D eigenvalue weighted by Crippen LogP contribution is 2.30. The molecular formula is C29H29FN2O5. The number of esters is 1. The maximum Gasteiger partial charge on any atom is 0.311 e. The molecule has 1 aliphatic rings. The molecule has 0 aliphatic carbocycles. The van der Waals surface area contributed by atoms with E-state index in [1.807, 2.05) is 24.3 Å². The molecule has 192 valence electrons. The summed E-state index contributed by atoms with van der Waals surface area (Å²) in [5.41, 5.74) is 2.30. The number of benzene rings is 3. The van der Waals surface area contributed by atoms with Gasteiger partial charge in [-0.3, -0.25) is 14.4 Å². The van der Waals surface area contributed by atoms with Crippen LogP contribution in [-0.2, 0) is 24.5 Å². The first-order valence-electron chi connectivity index (χ1n) is 12.0. The van der Waals surface area contributed by atoms with Crippen LogP contribution in [0.15, 0.2) is 72.8 Å². The van der Waals surface area contributed by atoms with Gasteiger partial charge in [0.05, 0.1) is 5.92 Å². The Balaban J connectivity index is 1.29. The number of carbonyl (C=O) groups is 3. The molecule has 0 spiro atoms. The van der Waals surface area contributed by atoms with Crippen LogP contribution in [0.4, 0.5) is 15.8 Å². The minimum absolute atomic E-state index is 0.00318. The standard InChI is InChI=1S/C29H29FN2O5/c1-29(2,3)20-4-12-24(13-5-20)37-25-14-10-23(11-15-25)32-17-19(16-27(32)34)28(35)36-18-26(33)31-22-8-6-21(30)7-9-22/h4-15,19H,16-18H2,1-3H3,(H,31,33)/t19-/m1/s1. The summed E-state index contributed by atoms with van der Waals surface area (Å²) in [6.07, 6.45) is -0.00318. The van der Waals surface area contributed by atoms with Gasteiger partial charge in [-0.1, -0.05) is 32.9 Å². The van der Waals surface area contributed by atoms with Crippen LogP contribution in [0.1, 0.15) is 32.8 Å². The zero-order chi connectivity index (χ0) is 26.6. The quantitative estimate of drug-likeness (QED) is 0.433. The van der Waals surface area contributed by atoms with Gasteiger partial charge in [-0.15, -0.1) is 0 Å². The molecule has 2 amide bonds. The molecule has 0 bridgehead atoms. The summed E-state index contributed by atoms with van der Waals surface area (Å²) in [5, 5.41) is 2.52. The average Bonchev–Trinajstić information content (AvgIpc) is 3.26. The van der Waals surface area contributed by atoms with Crippen molar-refractivity contribution < 1.29 is 28.2 Å². The smallest absolute Gasteiger partial charge is 0.311 e. The molecule has 0 unspecified atom stereocenters. The molecule has 4 rings (SSSR count). The van der Waals surface area contributed by atoms with Crippen LogP contribution in [0.25, 0.3) is 0 Å². The van der Waals surface area contributed by atoms with Gasteiger partial charge in [0.15, 0.2) is 6.61 Å². The van der Waals surface area contributed by atoms with Crippen molar-refractivity contribution in [1.29, 1.82) is 0 Å². The Morgan fingerprint density at radius 1 is 0.946 bits per heavy atom. The molecular weight excluding hydrogens is 475 g/mol. The molecule has 3 aromatic rings. The van der Waals surface area contributed by atoms with E-state index >= 15 is 0 Å². The first-order chi connectivity index (χ1) is 17.6. The summed E-state index contributed by atoms with van der Waals surface area (Å²) in [7, 11) is 0. The van der Waals surface area contributed by atoms with Gasteiger partial charge in [-0.2, -0.15) is 0 Å². The van der Waals surface area contributed by atoms with E-state index in [0.717, 1.165) is 0 Å². The first-order valence-corrected chi connectivity index (χ1v) is 12.0. The van der Waals surface area contributed by atoms with E-state index in [0.29, 0.717) is 22.9 Å². The Morgan fingerprint density at radius 2 is 1.54 bits per heavy atom. The van der Waals surface area contributed by atoms with Crippen LogP contribution in [0.3, 0.4) is 0 Å². The third kappa shape index (κ3) is 6.73. The van der Waals surface area contributed by atoms with Crippen molar-refractivity contribution in [3.8, 4) is 11.5 Å². The molecule has 0 saturated carbocycles. The van der Waals surface area contributed by atoms with E-state index in [9.17, 15) is 18.8 Å². The van der Waals surface area contributed by atoms with Gasteiger partial charge in [0, 0.05) is 24.3 Å². The average molecular weight is 505 g/mol. The molecule has 8 heteroatoms. The summed E-state index contributed by atoms with van der Waals surface area (Å²) in [5.74, 6) is -1.14. The molecule has 7 nitrogen and oxygen atoms in total. The molecule has 1 fully saturated rings. The number of rotatable bonds is 7. The molecule has 37 heavy (non-hydrogen) atoms. The number of nitrogens with one attached hydrogen (secondary N) is 1. The van der Waals surface area contributed by atoms with E-state index in [2.05, 4.69) is 26.1 Å². The summed E-state index contributed by atoms with van der Waals surface area (Å²) >= 11 is 0. The third-order valence-electron chi connectivity index (χ3n) is 6.04. The lowest BCUT2D eigenvalue weighted by molar-refractivity contribution is -0.151. The van der Waals surface area contributed by atoms with Gasteiger partial charge in [0.1, 0.15) is 17.3 Å². The highest BCUT2D eigenvalue weighted by molar-refractivity contribution is 6.00. The van der Waals surface area contributed by atoms with Gasteiger partial charge < -0.3 is 19.7 Å². The van der Waals surface area contributed by atoms with Crippen LogP contribution in [-0.4, -0.2) is 30.9 Å². The Kier molecular flexibility index (Phi) is 7.57. The maximum absolute atomic E-state index is 13.0. The predicted octanol–water partition coefficient (Wildman–Crippen LogP) is 5.45. The van der Waals surface area contributed by atoms with Crippen molar-refractivity contribution in [2.45, 2.75) is 32.6 Å². The summed E-state index contributed by atoms with van der Waals surface area (Å²) in [6, 6.07) is 20.2. The molecule has 1 saturated heterocycles. The minimum atomic E-state index is -0.677. The molecule has 1 aliphatic heterocycles. The van der Waals surface area contributed by atoms with Gasteiger partial charge in [-0.25, -0.2) is 4.39 Å². The van der Waals surface area contributed by atoms with E-state index in [4.69, 9.17) is 9.47 Å². The number of anilines is 2. The molecule has 1 atom stereocenters. The number of halogens is 1. The molecule has 1 heterocycles. The van der Waals surface area contributed by atoms with Gasteiger partial charge in [0.2, 0.25) is 5.91 Å². The van der Waals surface area contributed by atoms with Crippen LogP contribution < -0.4 is 15.0 Å². The topological polar surface area (TPSA) is 84.9 Å². The maximum atomic E-state index is 13.0. The van der Waals surface area contributed by atoms with Crippen molar-refractivity contribution in [1.82, 2.24) is 0 Å². The van der Waals surface area contributed by atoms with Gasteiger partial charge in [0.25, 0.3) is 5.91 Å². The van der Waals surface area contributed by atoms with Crippen molar-refractivity contribution in [2.24, 2.45) is 5.92 Å². The summed E-state index contributed by atoms with van der Waals surface area (Å²) < 4.78 is 24.0. The molecule has 0 aromatic heterocycles. The highest BCUT2D eigenvalue weighted by atomic mass is 19.1. The largest absolute Gasteiger partial charge is 0.457 e. The lowest BCUT2D eigenvalue weighted by Gasteiger charge is -2.19. The number of amides is 2. The van der Waals surface area contributed by atoms with Crippen LogP contribution >= 0.6 is 0 Å². The van der Waals surface area contributed by atoms with E-state index in [-0.39, 0.29) is 24.3 Å². The van der Waals surface area contributed by atoms with Gasteiger partial charge in [-0.05, 0) is 71.6 Å². The van der Waals surface area contributed by atoms with Crippen molar-refractivity contribution in [3.63, 3.8) is 0 Å². The second kappa shape index (κ2) is 10.8. The van der Waals surface area contributed by atoms with E-state index in [1.165, 1.54) is 34.7 Å². The summed E-state index contributed by atoms with van der Waals surface area (Å²) in [4.78, 5) is 38.6. The Hall–Kier alpha value is -4.20. The lowest BCUT2D eigenvalue weighted by Crippen LogP contribution is -2.28. The first kappa shape index (κ1) is 25.9. The minimum Gasteiger partial charge on any atom is -0.457 e. The van der Waals surface area contributed by atoms with Crippen LogP contribution in [0.5, 0.6) is 11.5 Å².